The van der Waals surface area contributed by atoms with Gasteiger partial charge in [-0.25, -0.2) is 9.97 Å². The zero-order chi connectivity index (χ0) is 28.3. The van der Waals surface area contributed by atoms with Crippen LogP contribution in [0.25, 0.3) is 88.6 Å². The maximum absolute atomic E-state index is 5.16. The monoisotopic (exact) mass is 549 g/mol. The first-order chi connectivity index (χ1) is 21.3. The number of benzene rings is 5. The van der Waals surface area contributed by atoms with Crippen LogP contribution in [-0.2, 0) is 0 Å². The lowest BCUT2D eigenvalue weighted by Gasteiger charge is -2.11. The molecule has 43 heavy (non-hydrogen) atoms. The van der Waals surface area contributed by atoms with Crippen LogP contribution in [0.2, 0.25) is 0 Å². The predicted octanol–water partition coefficient (Wildman–Crippen LogP) is 9.31. The number of imidazole rings is 1. The van der Waals surface area contributed by atoms with Crippen LogP contribution in [0.3, 0.4) is 0 Å². The zero-order valence-electron chi connectivity index (χ0n) is 23.0. The van der Waals surface area contributed by atoms with Gasteiger partial charge in [0, 0.05) is 28.7 Å². The average molecular weight is 550 g/mol. The van der Waals surface area contributed by atoms with Crippen LogP contribution >= 0.6 is 0 Å². The van der Waals surface area contributed by atoms with E-state index >= 15 is 0 Å². The molecule has 0 saturated heterocycles. The minimum Gasteiger partial charge on any atom is -0.337 e. The predicted molar refractivity (Wildman–Crippen MR) is 175 cm³/mol. The number of hydrogen-bond donors (Lipinski definition) is 1. The molecule has 4 aromatic heterocycles. The van der Waals surface area contributed by atoms with Crippen LogP contribution in [0.4, 0.5) is 0 Å². The van der Waals surface area contributed by atoms with E-state index in [9.17, 15) is 0 Å². The van der Waals surface area contributed by atoms with Gasteiger partial charge in [-0.05, 0) is 69.1 Å². The van der Waals surface area contributed by atoms with Gasteiger partial charge in [-0.1, -0.05) is 84.9 Å². The fraction of sp³-hybridized carbons (Fsp3) is 0. The van der Waals surface area contributed by atoms with Crippen molar-refractivity contribution >= 4 is 43.4 Å². The van der Waals surface area contributed by atoms with Crippen LogP contribution in [0.1, 0.15) is 0 Å². The summed E-state index contributed by atoms with van der Waals surface area (Å²) in [7, 11) is 0. The molecule has 5 heteroatoms. The Labute approximate surface area is 246 Å². The molecule has 5 aromatic carbocycles. The van der Waals surface area contributed by atoms with Crippen molar-refractivity contribution in [3.8, 4) is 45.3 Å². The van der Waals surface area contributed by atoms with E-state index in [1.807, 2.05) is 36.4 Å². The van der Waals surface area contributed by atoms with Crippen molar-refractivity contribution in [2.75, 3.05) is 0 Å². The van der Waals surface area contributed by atoms with Crippen molar-refractivity contribution in [3.63, 3.8) is 0 Å². The van der Waals surface area contributed by atoms with Gasteiger partial charge < -0.3 is 4.98 Å². The summed E-state index contributed by atoms with van der Waals surface area (Å²) < 4.78 is 0. The third-order valence-electron chi connectivity index (χ3n) is 8.29. The Balaban J connectivity index is 1.18. The van der Waals surface area contributed by atoms with E-state index in [1.54, 1.807) is 12.4 Å². The lowest BCUT2D eigenvalue weighted by atomic mass is 9.93. The number of nitrogens with zero attached hydrogens (tertiary/aromatic N) is 4. The number of aromatic amines is 1. The molecule has 0 atom stereocenters. The van der Waals surface area contributed by atoms with E-state index in [0.717, 1.165) is 56.3 Å². The number of hydrogen-bond acceptors (Lipinski definition) is 4. The Bertz CT molecular complexity index is 2280. The van der Waals surface area contributed by atoms with Gasteiger partial charge in [-0.3, -0.25) is 9.97 Å². The molecule has 0 unspecified atom stereocenters. The number of fused-ring (bicyclic) bond motifs is 3. The molecule has 200 valence electrons. The molecule has 4 heterocycles. The molecule has 0 radical (unpaired) electrons. The van der Waals surface area contributed by atoms with Gasteiger partial charge in [-0.15, -0.1) is 0 Å². The molecule has 9 aromatic rings. The van der Waals surface area contributed by atoms with Crippen LogP contribution in [0, 0.1) is 0 Å². The van der Waals surface area contributed by atoms with Crippen molar-refractivity contribution in [1.82, 2.24) is 24.9 Å². The molecule has 0 fully saturated rings. The topological polar surface area (TPSA) is 67.3 Å². The van der Waals surface area contributed by atoms with E-state index in [1.165, 1.54) is 32.3 Å². The number of nitrogens with one attached hydrogen (secondary N) is 1. The van der Waals surface area contributed by atoms with Gasteiger partial charge in [0.2, 0.25) is 0 Å². The lowest BCUT2D eigenvalue weighted by Crippen LogP contribution is -1.94. The molecule has 0 aliphatic heterocycles. The smallest absolute Gasteiger partial charge is 0.138 e. The maximum atomic E-state index is 5.16. The molecule has 1 N–H and O–H groups in total. The Morgan fingerprint density at radius 3 is 1.67 bits per heavy atom. The quantitative estimate of drug-likeness (QED) is 0.222. The van der Waals surface area contributed by atoms with Crippen molar-refractivity contribution in [3.05, 3.63) is 134 Å². The molecule has 0 amide bonds. The van der Waals surface area contributed by atoms with E-state index < -0.39 is 0 Å². The van der Waals surface area contributed by atoms with Crippen molar-refractivity contribution < 1.29 is 0 Å². The summed E-state index contributed by atoms with van der Waals surface area (Å²) in [5, 5.41) is 7.44. The summed E-state index contributed by atoms with van der Waals surface area (Å²) >= 11 is 0. The normalized spacial score (nSPS) is 11.7. The van der Waals surface area contributed by atoms with Crippen LogP contribution < -0.4 is 0 Å². The molecule has 0 bridgehead atoms. The van der Waals surface area contributed by atoms with Gasteiger partial charge in [0.05, 0.1) is 33.8 Å². The van der Waals surface area contributed by atoms with Crippen LogP contribution in [0.5, 0.6) is 0 Å². The van der Waals surface area contributed by atoms with E-state index in [2.05, 4.69) is 99.9 Å². The SMILES string of the molecule is c1ccc(-c2cc(-c3ccc(-c4nc5c6cccc7ccc8cccc(c5[nH]4)c8c76)cc3)cc(-c3ccccn3)n2)nc1. The molecular weight excluding hydrogens is 526 g/mol. The Morgan fingerprint density at radius 1 is 0.442 bits per heavy atom. The summed E-state index contributed by atoms with van der Waals surface area (Å²) in [5.41, 5.74) is 8.51. The standard InChI is InChI=1S/C38H23N5/c1-3-19-39-30(11-1)32-21-27(22-33(41-32)31-12-2-4-20-40-31)23-13-17-26(18-14-23)38-42-36-28-9-5-7-24-15-16-25-8-6-10-29(37(36)43-38)35(25)34(24)28/h1-22H,(H,42,43). The Hall–Kier alpha value is -5.94. The number of pyridine rings is 3. The van der Waals surface area contributed by atoms with Crippen molar-refractivity contribution in [2.24, 2.45) is 0 Å². The van der Waals surface area contributed by atoms with Crippen molar-refractivity contribution in [1.29, 1.82) is 0 Å². The first kappa shape index (κ1) is 23.7. The summed E-state index contributed by atoms with van der Waals surface area (Å²) in [4.78, 5) is 22.9. The summed E-state index contributed by atoms with van der Waals surface area (Å²) in [5.74, 6) is 0.858. The fourth-order valence-corrected chi connectivity index (χ4v) is 6.27. The second kappa shape index (κ2) is 9.29. The molecule has 9 rings (SSSR count). The van der Waals surface area contributed by atoms with Crippen molar-refractivity contribution in [2.45, 2.75) is 0 Å². The second-order valence-electron chi connectivity index (χ2n) is 10.8. The van der Waals surface area contributed by atoms with E-state index in [0.29, 0.717) is 0 Å². The summed E-state index contributed by atoms with van der Waals surface area (Å²) in [6, 6.07) is 41.9. The third-order valence-corrected chi connectivity index (χ3v) is 8.29. The molecule has 0 aliphatic rings. The summed E-state index contributed by atoms with van der Waals surface area (Å²) in [6.07, 6.45) is 3.59. The largest absolute Gasteiger partial charge is 0.337 e. The highest BCUT2D eigenvalue weighted by Crippen LogP contribution is 2.40. The highest BCUT2D eigenvalue weighted by atomic mass is 14.9. The minimum atomic E-state index is 0.810. The number of H-pyrrole nitrogens is 1. The number of rotatable bonds is 4. The average Bonchev–Trinajstić information content (AvgIpc) is 3.55. The second-order valence-corrected chi connectivity index (χ2v) is 10.8. The maximum Gasteiger partial charge on any atom is 0.138 e. The van der Waals surface area contributed by atoms with Gasteiger partial charge in [0.1, 0.15) is 5.82 Å². The van der Waals surface area contributed by atoms with Gasteiger partial charge in [0.15, 0.2) is 0 Å². The van der Waals surface area contributed by atoms with Crippen LogP contribution in [-0.4, -0.2) is 24.9 Å². The Kier molecular flexibility index (Phi) is 5.13. The first-order valence-electron chi connectivity index (χ1n) is 14.3. The fourth-order valence-electron chi connectivity index (χ4n) is 6.27. The third kappa shape index (κ3) is 3.79. The molecular formula is C38H23N5. The lowest BCUT2D eigenvalue weighted by molar-refractivity contribution is 1.22. The van der Waals surface area contributed by atoms with E-state index in [4.69, 9.17) is 9.97 Å². The zero-order valence-corrected chi connectivity index (χ0v) is 23.0. The molecule has 0 saturated carbocycles. The van der Waals surface area contributed by atoms with Gasteiger partial charge >= 0.3 is 0 Å². The van der Waals surface area contributed by atoms with Gasteiger partial charge in [0.25, 0.3) is 0 Å². The minimum absolute atomic E-state index is 0.810. The first-order valence-corrected chi connectivity index (χ1v) is 14.3. The van der Waals surface area contributed by atoms with Gasteiger partial charge in [-0.2, -0.15) is 0 Å². The molecule has 0 spiro atoms. The summed E-state index contributed by atoms with van der Waals surface area (Å²) in [6.45, 7) is 0. The Morgan fingerprint density at radius 2 is 1.05 bits per heavy atom. The molecule has 5 nitrogen and oxygen atoms in total. The van der Waals surface area contributed by atoms with Crippen LogP contribution in [0.15, 0.2) is 134 Å². The molecule has 0 aliphatic carbocycles. The number of aromatic nitrogens is 5. The van der Waals surface area contributed by atoms with E-state index in [-0.39, 0.29) is 0 Å². The highest BCUT2D eigenvalue weighted by Gasteiger charge is 2.17. The highest BCUT2D eigenvalue weighted by molar-refractivity contribution is 6.32.